The molecule has 1 aliphatic heterocycles. The summed E-state index contributed by atoms with van der Waals surface area (Å²) in [5.41, 5.74) is 3.08. The predicted molar refractivity (Wildman–Crippen MR) is 88.0 cm³/mol. The molecule has 1 saturated heterocycles. The van der Waals surface area contributed by atoms with Crippen molar-refractivity contribution in [3.05, 3.63) is 51.7 Å². The summed E-state index contributed by atoms with van der Waals surface area (Å²) in [6, 6.07) is 6.50. The first kappa shape index (κ1) is 16.5. The van der Waals surface area contributed by atoms with E-state index in [4.69, 9.17) is 4.74 Å². The van der Waals surface area contributed by atoms with E-state index in [2.05, 4.69) is 9.88 Å². The Morgan fingerprint density at radius 1 is 1.48 bits per heavy atom. The van der Waals surface area contributed by atoms with Crippen molar-refractivity contribution >= 4 is 11.3 Å². The maximum atomic E-state index is 13.4. The van der Waals surface area contributed by atoms with Crippen LogP contribution in [-0.4, -0.2) is 46.9 Å². The number of halogens is 1. The van der Waals surface area contributed by atoms with Gasteiger partial charge in [-0.05, 0) is 24.6 Å². The lowest BCUT2D eigenvalue weighted by atomic mass is 9.93. The fourth-order valence-corrected chi connectivity index (χ4v) is 3.84. The number of aryl methyl sites for hydroxylation is 1. The van der Waals surface area contributed by atoms with Gasteiger partial charge in [0.15, 0.2) is 0 Å². The van der Waals surface area contributed by atoms with E-state index in [9.17, 15) is 9.50 Å². The Bertz CT molecular complexity index is 664. The largest absolute Gasteiger partial charge is 0.393 e. The lowest BCUT2D eigenvalue weighted by molar-refractivity contribution is -0.134. The van der Waals surface area contributed by atoms with Gasteiger partial charge in [-0.2, -0.15) is 0 Å². The highest BCUT2D eigenvalue weighted by Gasteiger charge is 2.36. The van der Waals surface area contributed by atoms with Gasteiger partial charge in [0.25, 0.3) is 0 Å². The summed E-state index contributed by atoms with van der Waals surface area (Å²) in [5.74, 6) is -0.261. The number of morpholine rings is 1. The Labute approximate surface area is 139 Å². The minimum atomic E-state index is -0.676. The molecule has 0 radical (unpaired) electrons. The number of hydrogen-bond donors (Lipinski definition) is 1. The zero-order chi connectivity index (χ0) is 16.3. The molecule has 0 aliphatic carbocycles. The van der Waals surface area contributed by atoms with Gasteiger partial charge in [0.1, 0.15) is 11.4 Å². The van der Waals surface area contributed by atoms with Gasteiger partial charge in [-0.15, -0.1) is 11.3 Å². The Kier molecular flexibility index (Phi) is 5.06. The van der Waals surface area contributed by atoms with Gasteiger partial charge >= 0.3 is 0 Å². The Balaban J connectivity index is 1.72. The van der Waals surface area contributed by atoms with Gasteiger partial charge in [0.05, 0.1) is 24.4 Å². The first-order valence-corrected chi connectivity index (χ1v) is 8.59. The van der Waals surface area contributed by atoms with Crippen LogP contribution in [0.4, 0.5) is 4.39 Å². The average molecular weight is 336 g/mol. The number of aliphatic hydroxyl groups is 1. The van der Waals surface area contributed by atoms with Gasteiger partial charge in [0.2, 0.25) is 0 Å². The molecule has 23 heavy (non-hydrogen) atoms. The summed E-state index contributed by atoms with van der Waals surface area (Å²) < 4.78 is 19.3. The predicted octanol–water partition coefficient (Wildman–Crippen LogP) is 2.40. The number of thiazole rings is 1. The summed E-state index contributed by atoms with van der Waals surface area (Å²) in [5, 5.41) is 9.92. The zero-order valence-corrected chi connectivity index (χ0v) is 14.0. The molecule has 124 valence electrons. The van der Waals surface area contributed by atoms with Crippen LogP contribution in [0.2, 0.25) is 0 Å². The molecule has 2 heterocycles. The summed E-state index contributed by atoms with van der Waals surface area (Å²) in [7, 11) is 0. The lowest BCUT2D eigenvalue weighted by Crippen LogP contribution is -2.55. The van der Waals surface area contributed by atoms with Crippen molar-refractivity contribution in [2.24, 2.45) is 0 Å². The third-order valence-corrected chi connectivity index (χ3v) is 5.16. The van der Waals surface area contributed by atoms with Crippen LogP contribution < -0.4 is 0 Å². The van der Waals surface area contributed by atoms with Crippen molar-refractivity contribution in [1.82, 2.24) is 9.88 Å². The topological polar surface area (TPSA) is 45.6 Å². The second kappa shape index (κ2) is 7.05. The van der Waals surface area contributed by atoms with Crippen LogP contribution in [0.3, 0.4) is 0 Å². The number of aromatic nitrogens is 1. The van der Waals surface area contributed by atoms with Crippen molar-refractivity contribution in [2.75, 3.05) is 26.3 Å². The van der Waals surface area contributed by atoms with Crippen LogP contribution in [0.25, 0.3) is 0 Å². The maximum absolute atomic E-state index is 13.4. The average Bonchev–Trinajstić information content (AvgIpc) is 2.93. The molecule has 1 unspecified atom stereocenters. The molecule has 1 atom stereocenters. The third-order valence-electron chi connectivity index (χ3n) is 4.24. The van der Waals surface area contributed by atoms with E-state index < -0.39 is 5.60 Å². The molecule has 0 amide bonds. The number of ether oxygens (including phenoxy) is 1. The van der Waals surface area contributed by atoms with Crippen LogP contribution in [0.5, 0.6) is 0 Å². The molecule has 1 aliphatic rings. The molecule has 1 aromatic carbocycles. The van der Waals surface area contributed by atoms with E-state index in [1.807, 2.05) is 18.5 Å². The molecule has 1 fully saturated rings. The number of nitrogens with zero attached hydrogens (tertiary/aromatic N) is 2. The number of hydrogen-bond acceptors (Lipinski definition) is 5. The van der Waals surface area contributed by atoms with Crippen LogP contribution in [0.1, 0.15) is 16.1 Å². The van der Waals surface area contributed by atoms with Crippen LogP contribution >= 0.6 is 11.3 Å². The highest BCUT2D eigenvalue weighted by molar-refractivity contribution is 7.09. The second-order valence-electron chi connectivity index (χ2n) is 6.07. The Hall–Kier alpha value is -1.34. The standard InChI is InChI=1S/C17H21FN2O2S/c1-13-16(23-12-19-13)9-20-5-6-22-17(10-20,11-21)8-14-3-2-4-15(18)7-14/h2-4,7,12,21H,5-6,8-11H2,1H3. The summed E-state index contributed by atoms with van der Waals surface area (Å²) >= 11 is 1.65. The fraction of sp³-hybridized carbons (Fsp3) is 0.471. The summed E-state index contributed by atoms with van der Waals surface area (Å²) in [6.45, 7) is 4.75. The van der Waals surface area contributed by atoms with E-state index in [1.165, 1.54) is 17.0 Å². The van der Waals surface area contributed by atoms with E-state index in [1.54, 1.807) is 17.4 Å². The van der Waals surface area contributed by atoms with Gasteiger partial charge in [0, 0.05) is 30.9 Å². The smallest absolute Gasteiger partial charge is 0.123 e. The van der Waals surface area contributed by atoms with Crippen molar-refractivity contribution < 1.29 is 14.2 Å². The highest BCUT2D eigenvalue weighted by Crippen LogP contribution is 2.25. The highest BCUT2D eigenvalue weighted by atomic mass is 32.1. The molecule has 3 rings (SSSR count). The van der Waals surface area contributed by atoms with Crippen molar-refractivity contribution in [2.45, 2.75) is 25.5 Å². The van der Waals surface area contributed by atoms with E-state index in [-0.39, 0.29) is 12.4 Å². The second-order valence-corrected chi connectivity index (χ2v) is 7.01. The first-order valence-electron chi connectivity index (χ1n) is 7.71. The van der Waals surface area contributed by atoms with Crippen molar-refractivity contribution in [3.8, 4) is 0 Å². The molecule has 1 N–H and O–H groups in total. The van der Waals surface area contributed by atoms with Crippen molar-refractivity contribution in [1.29, 1.82) is 0 Å². The monoisotopic (exact) mass is 336 g/mol. The van der Waals surface area contributed by atoms with Gasteiger partial charge in [-0.25, -0.2) is 9.37 Å². The number of aliphatic hydroxyl groups excluding tert-OH is 1. The number of rotatable bonds is 5. The van der Waals surface area contributed by atoms with E-state index in [0.29, 0.717) is 19.6 Å². The molecule has 2 aromatic rings. The van der Waals surface area contributed by atoms with E-state index in [0.717, 1.165) is 24.3 Å². The van der Waals surface area contributed by atoms with Crippen molar-refractivity contribution in [3.63, 3.8) is 0 Å². The molecular weight excluding hydrogens is 315 g/mol. The molecule has 6 heteroatoms. The minimum Gasteiger partial charge on any atom is -0.393 e. The van der Waals surface area contributed by atoms with E-state index >= 15 is 0 Å². The summed E-state index contributed by atoms with van der Waals surface area (Å²) in [6.07, 6.45) is 0.499. The normalized spacial score (nSPS) is 22.4. The molecular formula is C17H21FN2O2S. The Morgan fingerprint density at radius 2 is 2.35 bits per heavy atom. The first-order chi connectivity index (χ1) is 11.1. The maximum Gasteiger partial charge on any atom is 0.123 e. The van der Waals surface area contributed by atoms with Gasteiger partial charge in [-0.1, -0.05) is 12.1 Å². The van der Waals surface area contributed by atoms with Crippen LogP contribution in [0.15, 0.2) is 29.8 Å². The fourth-order valence-electron chi connectivity index (χ4n) is 3.02. The van der Waals surface area contributed by atoms with Gasteiger partial charge in [-0.3, -0.25) is 4.90 Å². The Morgan fingerprint density at radius 3 is 3.04 bits per heavy atom. The molecule has 0 saturated carbocycles. The molecule has 0 spiro atoms. The zero-order valence-electron chi connectivity index (χ0n) is 13.2. The third kappa shape index (κ3) is 3.95. The molecule has 0 bridgehead atoms. The molecule has 1 aromatic heterocycles. The van der Waals surface area contributed by atoms with Crippen LogP contribution in [0, 0.1) is 12.7 Å². The quantitative estimate of drug-likeness (QED) is 0.911. The minimum absolute atomic E-state index is 0.0817. The number of benzene rings is 1. The SMILES string of the molecule is Cc1ncsc1CN1CCOC(CO)(Cc2cccc(F)c2)C1. The summed E-state index contributed by atoms with van der Waals surface area (Å²) in [4.78, 5) is 7.80. The van der Waals surface area contributed by atoms with Gasteiger partial charge < -0.3 is 9.84 Å². The lowest BCUT2D eigenvalue weighted by Gasteiger charge is -2.41. The van der Waals surface area contributed by atoms with Crippen LogP contribution in [-0.2, 0) is 17.7 Å². The molecule has 4 nitrogen and oxygen atoms in total.